The molecule has 8 heteroatoms. The lowest BCUT2D eigenvalue weighted by atomic mass is 10.1. The van der Waals surface area contributed by atoms with Gasteiger partial charge in [-0.3, -0.25) is 9.69 Å². The van der Waals surface area contributed by atoms with Gasteiger partial charge in [0.1, 0.15) is 12.4 Å². The van der Waals surface area contributed by atoms with E-state index in [1.807, 2.05) is 72.8 Å². The lowest BCUT2D eigenvalue weighted by Crippen LogP contribution is -2.38. The first-order valence-electron chi connectivity index (χ1n) is 13.1. The van der Waals surface area contributed by atoms with E-state index >= 15 is 0 Å². The molecule has 0 aliphatic carbocycles. The van der Waals surface area contributed by atoms with Gasteiger partial charge in [0.15, 0.2) is 0 Å². The van der Waals surface area contributed by atoms with Gasteiger partial charge < -0.3 is 24.5 Å². The average Bonchev–Trinajstić information content (AvgIpc) is 3.56. The Hall–Kier alpha value is -4.56. The maximum Gasteiger partial charge on any atom is 0.407 e. The second-order valence-electron chi connectivity index (χ2n) is 9.90. The number of ether oxygens (including phenoxy) is 2. The van der Waals surface area contributed by atoms with Crippen molar-refractivity contribution in [3.63, 3.8) is 0 Å². The van der Waals surface area contributed by atoms with Gasteiger partial charge in [0.25, 0.3) is 5.56 Å². The van der Waals surface area contributed by atoms with Crippen molar-refractivity contribution in [2.75, 3.05) is 19.8 Å². The van der Waals surface area contributed by atoms with Crippen molar-refractivity contribution in [2.24, 2.45) is 0 Å². The van der Waals surface area contributed by atoms with Gasteiger partial charge in [0.05, 0.1) is 36.6 Å². The highest BCUT2D eigenvalue weighted by atomic mass is 16.5. The number of para-hydroxylation sites is 1. The number of H-pyrrole nitrogens is 2. The minimum Gasteiger partial charge on any atom is -0.491 e. The molecule has 0 bridgehead atoms. The lowest BCUT2D eigenvalue weighted by molar-refractivity contribution is 0.0607. The largest absolute Gasteiger partial charge is 0.491 e. The van der Waals surface area contributed by atoms with Crippen LogP contribution in [0.2, 0.25) is 0 Å². The SMILES string of the molecule is O=C(O)N1C[C@H](OCCc2ccccc2)C[C@H]1COc1ccc2[nH]c(-c3cc4ccccc4[nH]c3=O)cc2c1. The number of hydrogen-bond donors (Lipinski definition) is 3. The standard InChI is InChI=1S/C31H29N3O5/c35-30-26(15-21-8-4-5-9-27(21)33-30)29-16-22-14-24(10-11-28(22)32-29)39-19-23-17-25(18-34(23)31(36)37)38-13-12-20-6-2-1-3-7-20/h1-11,14-16,23,25,32H,12-13,17-19H2,(H,33,35)(H,36,37)/t23-,25+/m0/s1. The van der Waals surface area contributed by atoms with E-state index in [1.54, 1.807) is 0 Å². The molecule has 39 heavy (non-hydrogen) atoms. The summed E-state index contributed by atoms with van der Waals surface area (Å²) in [6.45, 7) is 1.11. The summed E-state index contributed by atoms with van der Waals surface area (Å²) in [5, 5.41) is 11.6. The first-order chi connectivity index (χ1) is 19.0. The van der Waals surface area contributed by atoms with Gasteiger partial charge in [0, 0.05) is 16.4 Å². The Bertz CT molecular complexity index is 1680. The molecule has 3 heterocycles. The van der Waals surface area contributed by atoms with E-state index in [9.17, 15) is 14.7 Å². The number of aromatic amines is 2. The number of nitrogens with one attached hydrogen (secondary N) is 2. The smallest absolute Gasteiger partial charge is 0.407 e. The van der Waals surface area contributed by atoms with Crippen LogP contribution in [0.25, 0.3) is 33.1 Å². The second-order valence-corrected chi connectivity index (χ2v) is 9.90. The van der Waals surface area contributed by atoms with Crippen LogP contribution in [0.3, 0.4) is 0 Å². The summed E-state index contributed by atoms with van der Waals surface area (Å²) in [5.74, 6) is 0.638. The van der Waals surface area contributed by atoms with E-state index in [0.717, 1.165) is 33.9 Å². The van der Waals surface area contributed by atoms with E-state index in [1.165, 1.54) is 10.5 Å². The zero-order valence-electron chi connectivity index (χ0n) is 21.3. The molecule has 3 N–H and O–H groups in total. The van der Waals surface area contributed by atoms with Crippen LogP contribution in [0.4, 0.5) is 4.79 Å². The monoisotopic (exact) mass is 523 g/mol. The fourth-order valence-electron chi connectivity index (χ4n) is 5.26. The summed E-state index contributed by atoms with van der Waals surface area (Å²) in [7, 11) is 0. The summed E-state index contributed by atoms with van der Waals surface area (Å²) in [6.07, 6.45) is 0.245. The molecule has 1 fully saturated rings. The molecule has 6 rings (SSSR count). The molecule has 8 nitrogen and oxygen atoms in total. The van der Waals surface area contributed by atoms with E-state index in [2.05, 4.69) is 22.1 Å². The number of nitrogens with zero attached hydrogens (tertiary/aromatic N) is 1. The summed E-state index contributed by atoms with van der Waals surface area (Å²) in [4.78, 5) is 32.3. The van der Waals surface area contributed by atoms with Crippen LogP contribution in [-0.2, 0) is 11.2 Å². The Kier molecular flexibility index (Phi) is 6.77. The van der Waals surface area contributed by atoms with Crippen LogP contribution in [0.15, 0.2) is 89.7 Å². The fraction of sp³-hybridized carbons (Fsp3) is 0.226. The molecule has 1 aliphatic rings. The molecule has 1 amide bonds. The highest BCUT2D eigenvalue weighted by molar-refractivity contribution is 5.89. The fourth-order valence-corrected chi connectivity index (χ4v) is 5.26. The molecular weight excluding hydrogens is 494 g/mol. The number of carbonyl (C=O) groups is 1. The molecular formula is C31H29N3O5. The molecule has 0 saturated carbocycles. The molecule has 0 radical (unpaired) electrons. The Labute approximate surface area is 224 Å². The second kappa shape index (κ2) is 10.7. The molecule has 198 valence electrons. The van der Waals surface area contributed by atoms with Gasteiger partial charge in [-0.1, -0.05) is 48.5 Å². The van der Waals surface area contributed by atoms with Gasteiger partial charge >= 0.3 is 6.09 Å². The molecule has 0 unspecified atom stereocenters. The van der Waals surface area contributed by atoms with E-state index in [0.29, 0.717) is 30.9 Å². The lowest BCUT2D eigenvalue weighted by Gasteiger charge is -2.21. The first kappa shape index (κ1) is 24.8. The molecule has 1 aliphatic heterocycles. The number of likely N-dealkylation sites (tertiary alicyclic amines) is 1. The maximum atomic E-state index is 12.7. The molecule has 2 aromatic heterocycles. The van der Waals surface area contributed by atoms with Crippen LogP contribution in [0, 0.1) is 0 Å². The normalized spacial score (nSPS) is 17.2. The molecule has 0 spiro atoms. The summed E-state index contributed by atoms with van der Waals surface area (Å²) in [5.41, 5.74) is 3.99. The molecule has 1 saturated heterocycles. The zero-order chi connectivity index (χ0) is 26.8. The van der Waals surface area contributed by atoms with Gasteiger partial charge in [-0.15, -0.1) is 0 Å². The number of benzene rings is 3. The average molecular weight is 524 g/mol. The van der Waals surface area contributed by atoms with E-state index < -0.39 is 6.09 Å². The third kappa shape index (κ3) is 5.37. The topological polar surface area (TPSA) is 108 Å². The number of amides is 1. The van der Waals surface area contributed by atoms with Crippen molar-refractivity contribution in [1.29, 1.82) is 0 Å². The number of hydrogen-bond acceptors (Lipinski definition) is 4. The number of pyridine rings is 1. The summed E-state index contributed by atoms with van der Waals surface area (Å²) >= 11 is 0. The summed E-state index contributed by atoms with van der Waals surface area (Å²) in [6, 6.07) is 26.9. The van der Waals surface area contributed by atoms with Crippen LogP contribution in [0.5, 0.6) is 5.75 Å². The number of rotatable bonds is 8. The first-order valence-corrected chi connectivity index (χ1v) is 13.1. The van der Waals surface area contributed by atoms with Gasteiger partial charge in [0.2, 0.25) is 0 Å². The Morgan fingerprint density at radius 3 is 2.56 bits per heavy atom. The quantitative estimate of drug-likeness (QED) is 0.251. The highest BCUT2D eigenvalue weighted by Crippen LogP contribution is 2.28. The van der Waals surface area contributed by atoms with Crippen LogP contribution >= 0.6 is 0 Å². The maximum absolute atomic E-state index is 12.7. The number of aromatic nitrogens is 2. The van der Waals surface area contributed by atoms with Crippen molar-refractivity contribution >= 4 is 27.9 Å². The van der Waals surface area contributed by atoms with Crippen LogP contribution < -0.4 is 10.3 Å². The van der Waals surface area contributed by atoms with Gasteiger partial charge in [-0.05, 0) is 60.2 Å². The minimum atomic E-state index is -0.968. The van der Waals surface area contributed by atoms with Crippen molar-refractivity contribution in [1.82, 2.24) is 14.9 Å². The zero-order valence-corrected chi connectivity index (χ0v) is 21.3. The predicted molar refractivity (Wildman–Crippen MR) is 150 cm³/mol. The van der Waals surface area contributed by atoms with Gasteiger partial charge in [-0.25, -0.2) is 4.79 Å². The highest BCUT2D eigenvalue weighted by Gasteiger charge is 2.36. The van der Waals surface area contributed by atoms with Crippen molar-refractivity contribution in [3.8, 4) is 17.0 Å². The van der Waals surface area contributed by atoms with Crippen molar-refractivity contribution in [3.05, 3.63) is 101 Å². The number of carboxylic acid groups (broad SMARTS) is 1. The van der Waals surface area contributed by atoms with E-state index in [-0.39, 0.29) is 24.3 Å². The van der Waals surface area contributed by atoms with Crippen LogP contribution in [-0.4, -0.2) is 58.0 Å². The molecule has 5 aromatic rings. The van der Waals surface area contributed by atoms with Gasteiger partial charge in [-0.2, -0.15) is 0 Å². The molecule has 3 aromatic carbocycles. The minimum absolute atomic E-state index is 0.159. The number of fused-ring (bicyclic) bond motifs is 2. The molecule has 2 atom stereocenters. The predicted octanol–water partition coefficient (Wildman–Crippen LogP) is 5.44. The van der Waals surface area contributed by atoms with Crippen LogP contribution in [0.1, 0.15) is 12.0 Å². The van der Waals surface area contributed by atoms with E-state index in [4.69, 9.17) is 9.47 Å². The third-order valence-electron chi connectivity index (χ3n) is 7.29. The Balaban J connectivity index is 1.12. The third-order valence-corrected chi connectivity index (χ3v) is 7.29. The summed E-state index contributed by atoms with van der Waals surface area (Å²) < 4.78 is 12.1. The van der Waals surface area contributed by atoms with Crippen molar-refractivity contribution in [2.45, 2.75) is 25.0 Å². The Morgan fingerprint density at radius 2 is 1.72 bits per heavy atom. The van der Waals surface area contributed by atoms with Crippen molar-refractivity contribution < 1.29 is 19.4 Å². The Morgan fingerprint density at radius 1 is 0.923 bits per heavy atom.